The number of pyridine rings is 1. The summed E-state index contributed by atoms with van der Waals surface area (Å²) >= 11 is 3.10. The summed E-state index contributed by atoms with van der Waals surface area (Å²) in [5.74, 6) is 0.249. The summed E-state index contributed by atoms with van der Waals surface area (Å²) in [5, 5.41) is 3.96. The average molecular weight is 483 g/mol. The highest BCUT2D eigenvalue weighted by molar-refractivity contribution is 8.01. The van der Waals surface area contributed by atoms with E-state index in [0.717, 1.165) is 38.5 Å². The summed E-state index contributed by atoms with van der Waals surface area (Å²) in [6, 6.07) is 11.6. The van der Waals surface area contributed by atoms with Crippen LogP contribution in [0.1, 0.15) is 35.7 Å². The van der Waals surface area contributed by atoms with E-state index in [4.69, 9.17) is 4.74 Å². The van der Waals surface area contributed by atoms with E-state index in [9.17, 15) is 9.59 Å². The number of amides is 1. The van der Waals surface area contributed by atoms with Crippen molar-refractivity contribution >= 4 is 45.9 Å². The number of hydrogen-bond donors (Lipinski definition) is 1. The van der Waals surface area contributed by atoms with Crippen LogP contribution in [0.5, 0.6) is 0 Å². The Balaban J connectivity index is 1.44. The number of carbonyl (C=O) groups is 2. The van der Waals surface area contributed by atoms with Gasteiger partial charge in [0.25, 0.3) is 5.91 Å². The largest absolute Gasteiger partial charge is 0.466 e. The number of benzene rings is 1. The van der Waals surface area contributed by atoms with Crippen LogP contribution in [-0.4, -0.2) is 46.4 Å². The topological polar surface area (TPSA) is 84.4 Å². The molecule has 3 aromatic rings. The number of rotatable bonds is 7. The fraction of sp³-hybridized carbons (Fsp3) is 0.333. The third-order valence-electron chi connectivity index (χ3n) is 5.37. The number of esters is 1. The van der Waals surface area contributed by atoms with Gasteiger partial charge in [0.15, 0.2) is 5.13 Å². The van der Waals surface area contributed by atoms with E-state index in [1.165, 1.54) is 11.3 Å². The second-order valence-corrected chi connectivity index (χ2v) is 10.2. The first-order valence-electron chi connectivity index (χ1n) is 10.9. The van der Waals surface area contributed by atoms with Gasteiger partial charge in [0.2, 0.25) is 0 Å². The van der Waals surface area contributed by atoms with Crippen LogP contribution < -0.4 is 5.32 Å². The number of nitrogens with one attached hydrogen (secondary N) is 1. The predicted molar refractivity (Wildman–Crippen MR) is 130 cm³/mol. The van der Waals surface area contributed by atoms with Crippen LogP contribution in [0.15, 0.2) is 57.9 Å². The van der Waals surface area contributed by atoms with Crippen LogP contribution in [0, 0.1) is 12.8 Å². The van der Waals surface area contributed by atoms with Crippen molar-refractivity contribution in [3.63, 3.8) is 0 Å². The highest BCUT2D eigenvalue weighted by Crippen LogP contribution is 2.36. The highest BCUT2D eigenvalue weighted by Gasteiger charge is 2.30. The quantitative estimate of drug-likeness (QED) is 0.466. The van der Waals surface area contributed by atoms with E-state index < -0.39 is 0 Å². The first-order valence-corrected chi connectivity index (χ1v) is 12.5. The van der Waals surface area contributed by atoms with Crippen molar-refractivity contribution in [1.82, 2.24) is 14.9 Å². The Morgan fingerprint density at radius 3 is 2.94 bits per heavy atom. The molecule has 0 radical (unpaired) electrons. The molecule has 0 spiro atoms. The molecule has 1 fully saturated rings. The molecule has 0 saturated carbocycles. The Labute approximate surface area is 201 Å². The molecule has 1 aliphatic heterocycles. The Morgan fingerprint density at radius 1 is 1.27 bits per heavy atom. The molecule has 1 N–H and O–H groups in total. The molecule has 4 rings (SSSR count). The van der Waals surface area contributed by atoms with Gasteiger partial charge in [-0.1, -0.05) is 35.2 Å². The predicted octanol–water partition coefficient (Wildman–Crippen LogP) is 5.16. The van der Waals surface area contributed by atoms with Crippen molar-refractivity contribution in [2.45, 2.75) is 35.8 Å². The maximum Gasteiger partial charge on any atom is 0.310 e. The molecule has 0 aliphatic carbocycles. The number of aromatic nitrogens is 2. The average Bonchev–Trinajstić information content (AvgIpc) is 3.27. The lowest BCUT2D eigenvalue weighted by Crippen LogP contribution is -2.43. The Morgan fingerprint density at radius 2 is 2.15 bits per heavy atom. The van der Waals surface area contributed by atoms with Crippen LogP contribution in [0.4, 0.5) is 10.9 Å². The second-order valence-electron chi connectivity index (χ2n) is 7.75. The van der Waals surface area contributed by atoms with Gasteiger partial charge in [-0.15, -0.1) is 0 Å². The van der Waals surface area contributed by atoms with Crippen LogP contribution in [0.3, 0.4) is 0 Å². The van der Waals surface area contributed by atoms with E-state index >= 15 is 0 Å². The second kappa shape index (κ2) is 10.8. The molecule has 9 heteroatoms. The highest BCUT2D eigenvalue weighted by atomic mass is 32.2. The van der Waals surface area contributed by atoms with Crippen molar-refractivity contribution in [3.8, 4) is 0 Å². The molecule has 1 amide bonds. The van der Waals surface area contributed by atoms with Crippen molar-refractivity contribution in [1.29, 1.82) is 0 Å². The summed E-state index contributed by atoms with van der Waals surface area (Å²) in [4.78, 5) is 36.9. The molecule has 1 unspecified atom stereocenters. The van der Waals surface area contributed by atoms with Gasteiger partial charge < -0.3 is 15.0 Å². The number of hydrogen-bond acceptors (Lipinski definition) is 8. The molecular weight excluding hydrogens is 456 g/mol. The van der Waals surface area contributed by atoms with Crippen molar-refractivity contribution in [3.05, 3.63) is 59.9 Å². The maximum atomic E-state index is 13.3. The van der Waals surface area contributed by atoms with Gasteiger partial charge in [-0.05, 0) is 56.5 Å². The smallest absolute Gasteiger partial charge is 0.310 e. The molecule has 1 saturated heterocycles. The van der Waals surface area contributed by atoms with E-state index in [1.807, 2.05) is 49.5 Å². The summed E-state index contributed by atoms with van der Waals surface area (Å²) < 4.78 is 6.18. The Bertz CT molecular complexity index is 1120. The van der Waals surface area contributed by atoms with Gasteiger partial charge in [-0.25, -0.2) is 9.97 Å². The fourth-order valence-corrected chi connectivity index (χ4v) is 5.61. The number of piperidine rings is 1. The van der Waals surface area contributed by atoms with E-state index in [-0.39, 0.29) is 17.8 Å². The number of nitrogens with zero attached hydrogens (tertiary/aromatic N) is 3. The number of thiazole rings is 1. The lowest BCUT2D eigenvalue weighted by molar-refractivity contribution is -0.149. The summed E-state index contributed by atoms with van der Waals surface area (Å²) in [5.41, 5.74) is 1.59. The van der Waals surface area contributed by atoms with Gasteiger partial charge in [-0.3, -0.25) is 9.59 Å². The molecule has 1 aliphatic rings. The number of anilines is 2. The first kappa shape index (κ1) is 23.3. The third-order valence-corrected chi connectivity index (χ3v) is 7.37. The molecule has 1 atom stereocenters. The summed E-state index contributed by atoms with van der Waals surface area (Å²) in [7, 11) is 0. The minimum atomic E-state index is -0.247. The van der Waals surface area contributed by atoms with Gasteiger partial charge in [0, 0.05) is 29.7 Å². The van der Waals surface area contributed by atoms with Gasteiger partial charge in [0.05, 0.1) is 22.9 Å². The SMILES string of the molecule is CCOC(=O)C1CCCN(C(=O)c2cc(Sc3cnc(Nc4ccccn4)s3)ccc2C)C1. The third kappa shape index (κ3) is 5.91. The molecule has 3 heterocycles. The first-order chi connectivity index (χ1) is 16.0. The van der Waals surface area contributed by atoms with Crippen LogP contribution in [-0.2, 0) is 9.53 Å². The zero-order valence-corrected chi connectivity index (χ0v) is 20.2. The molecule has 0 bridgehead atoms. The molecular formula is C24H26N4O3S2. The summed E-state index contributed by atoms with van der Waals surface area (Å²) in [6.45, 7) is 5.17. The molecule has 7 nitrogen and oxygen atoms in total. The van der Waals surface area contributed by atoms with E-state index in [0.29, 0.717) is 25.3 Å². The zero-order valence-electron chi connectivity index (χ0n) is 18.6. The monoisotopic (exact) mass is 482 g/mol. The van der Waals surface area contributed by atoms with E-state index in [1.54, 1.807) is 29.8 Å². The van der Waals surface area contributed by atoms with Gasteiger partial charge in [-0.2, -0.15) is 0 Å². The van der Waals surface area contributed by atoms with Crippen LogP contribution >= 0.6 is 23.1 Å². The van der Waals surface area contributed by atoms with Gasteiger partial charge in [0.1, 0.15) is 5.82 Å². The van der Waals surface area contributed by atoms with Crippen LogP contribution in [0.25, 0.3) is 0 Å². The summed E-state index contributed by atoms with van der Waals surface area (Å²) in [6.07, 6.45) is 5.11. The molecule has 1 aromatic carbocycles. The van der Waals surface area contributed by atoms with Crippen molar-refractivity contribution < 1.29 is 14.3 Å². The molecule has 172 valence electrons. The lowest BCUT2D eigenvalue weighted by atomic mass is 9.97. The lowest BCUT2D eigenvalue weighted by Gasteiger charge is -2.32. The van der Waals surface area contributed by atoms with Gasteiger partial charge >= 0.3 is 5.97 Å². The van der Waals surface area contributed by atoms with E-state index in [2.05, 4.69) is 15.3 Å². The Kier molecular flexibility index (Phi) is 7.61. The van der Waals surface area contributed by atoms with Crippen molar-refractivity contribution in [2.75, 3.05) is 25.0 Å². The minimum Gasteiger partial charge on any atom is -0.466 e. The molecule has 2 aromatic heterocycles. The standard InChI is InChI=1S/C24H26N4O3S2/c1-3-31-23(30)17-7-6-12-28(15-17)22(29)19-13-18(10-9-16(19)2)32-21-14-26-24(33-21)27-20-8-4-5-11-25-20/h4-5,8-11,13-14,17H,3,6-7,12,15H2,1-2H3,(H,25,26,27). The number of carbonyl (C=O) groups excluding carboxylic acids is 2. The number of ether oxygens (including phenoxy) is 1. The minimum absolute atomic E-state index is 0.0363. The zero-order chi connectivity index (χ0) is 23.2. The maximum absolute atomic E-state index is 13.3. The fourth-order valence-electron chi connectivity index (χ4n) is 3.71. The van der Waals surface area contributed by atoms with Crippen LogP contribution in [0.2, 0.25) is 0 Å². The number of aryl methyl sites for hydroxylation is 1. The normalized spacial score (nSPS) is 15.8. The molecule has 33 heavy (non-hydrogen) atoms. The number of likely N-dealkylation sites (tertiary alicyclic amines) is 1. The van der Waals surface area contributed by atoms with Crippen molar-refractivity contribution in [2.24, 2.45) is 5.92 Å². The Hall–Kier alpha value is -2.91.